The molecule has 31 heavy (non-hydrogen) atoms. The number of amides is 1. The smallest absolute Gasteiger partial charge is 0.254 e. The summed E-state index contributed by atoms with van der Waals surface area (Å²) in [6, 6.07) is 20.5. The molecule has 7 nitrogen and oxygen atoms in total. The van der Waals surface area contributed by atoms with Crippen molar-refractivity contribution in [1.82, 2.24) is 24.9 Å². The van der Waals surface area contributed by atoms with E-state index in [9.17, 15) is 4.79 Å². The van der Waals surface area contributed by atoms with Crippen LogP contribution in [0.1, 0.15) is 40.4 Å². The van der Waals surface area contributed by atoms with E-state index >= 15 is 0 Å². The van der Waals surface area contributed by atoms with Crippen molar-refractivity contribution < 1.29 is 4.79 Å². The van der Waals surface area contributed by atoms with Gasteiger partial charge in [-0.1, -0.05) is 60.7 Å². The molecule has 2 heterocycles. The molecule has 2 aromatic heterocycles. The van der Waals surface area contributed by atoms with Crippen LogP contribution in [-0.4, -0.2) is 32.0 Å². The summed E-state index contributed by atoms with van der Waals surface area (Å²) in [5.74, 6) is 0.784. The lowest BCUT2D eigenvalue weighted by Gasteiger charge is -2.19. The van der Waals surface area contributed by atoms with E-state index in [1.54, 1.807) is 4.52 Å². The first kappa shape index (κ1) is 20.5. The van der Waals surface area contributed by atoms with Crippen molar-refractivity contribution in [3.63, 3.8) is 0 Å². The number of aryl methyl sites for hydroxylation is 2. The fourth-order valence-corrected chi connectivity index (χ4v) is 3.93. The number of carbonyl (C=O) groups is 1. The Bertz CT molecular complexity index is 1150. The van der Waals surface area contributed by atoms with Crippen molar-refractivity contribution in [2.45, 2.75) is 32.6 Å². The zero-order chi connectivity index (χ0) is 21.8. The third kappa shape index (κ3) is 4.55. The van der Waals surface area contributed by atoms with Gasteiger partial charge < -0.3 is 11.1 Å². The highest BCUT2D eigenvalue weighted by Gasteiger charge is 2.17. The number of nitrogens with one attached hydrogen (secondary N) is 1. The van der Waals surface area contributed by atoms with E-state index < -0.39 is 0 Å². The first-order valence-corrected chi connectivity index (χ1v) is 10.4. The Morgan fingerprint density at radius 3 is 2.23 bits per heavy atom. The Hall–Kier alpha value is -3.74. The van der Waals surface area contributed by atoms with Gasteiger partial charge in [-0.25, -0.2) is 4.98 Å². The molecule has 7 heteroatoms. The average molecular weight is 415 g/mol. The number of carbonyl (C=O) groups excluding carboxylic acids is 1. The molecule has 0 saturated carbocycles. The van der Waals surface area contributed by atoms with E-state index in [1.807, 2.05) is 50.2 Å². The minimum Gasteiger partial charge on any atom is -0.366 e. The second-order valence-electron chi connectivity index (χ2n) is 7.62. The van der Waals surface area contributed by atoms with Crippen molar-refractivity contribution in [3.8, 4) is 0 Å². The molecule has 0 fully saturated rings. The molecule has 0 aliphatic heterocycles. The minimum atomic E-state index is 0.00821. The molecular weight excluding hydrogens is 388 g/mol. The Balaban J connectivity index is 1.44. The van der Waals surface area contributed by atoms with Gasteiger partial charge >= 0.3 is 0 Å². The van der Waals surface area contributed by atoms with Gasteiger partial charge in [0.2, 0.25) is 11.9 Å². The second-order valence-corrected chi connectivity index (χ2v) is 7.62. The minimum absolute atomic E-state index is 0.00821. The van der Waals surface area contributed by atoms with Crippen LogP contribution in [0.25, 0.3) is 5.78 Å². The lowest BCUT2D eigenvalue weighted by molar-refractivity contribution is -0.121. The maximum absolute atomic E-state index is 12.7. The number of hydrogen-bond donors (Lipinski definition) is 2. The first-order chi connectivity index (χ1) is 15.0. The Morgan fingerprint density at radius 2 is 1.61 bits per heavy atom. The molecule has 0 bridgehead atoms. The second kappa shape index (κ2) is 8.95. The molecule has 0 saturated heterocycles. The van der Waals surface area contributed by atoms with E-state index in [0.29, 0.717) is 25.2 Å². The summed E-state index contributed by atoms with van der Waals surface area (Å²) < 4.78 is 1.64. The molecule has 0 aliphatic carbocycles. The van der Waals surface area contributed by atoms with Crippen LogP contribution in [0.5, 0.6) is 0 Å². The molecule has 0 radical (unpaired) electrons. The number of nitrogen functional groups attached to an aromatic ring is 1. The van der Waals surface area contributed by atoms with Gasteiger partial charge in [0.1, 0.15) is 0 Å². The highest BCUT2D eigenvalue weighted by Crippen LogP contribution is 2.24. The van der Waals surface area contributed by atoms with Gasteiger partial charge in [0.25, 0.3) is 5.78 Å². The molecular formula is C24H26N6O. The number of rotatable bonds is 7. The van der Waals surface area contributed by atoms with Crippen molar-refractivity contribution in [2.75, 3.05) is 12.3 Å². The van der Waals surface area contributed by atoms with Gasteiger partial charge in [-0.2, -0.15) is 9.50 Å². The first-order valence-electron chi connectivity index (χ1n) is 10.4. The van der Waals surface area contributed by atoms with Crippen molar-refractivity contribution in [1.29, 1.82) is 0 Å². The predicted molar refractivity (Wildman–Crippen MR) is 121 cm³/mol. The maximum atomic E-state index is 12.7. The van der Waals surface area contributed by atoms with Gasteiger partial charge in [-0.05, 0) is 37.0 Å². The molecule has 4 aromatic rings. The van der Waals surface area contributed by atoms with Gasteiger partial charge in [-0.3, -0.25) is 4.79 Å². The van der Waals surface area contributed by atoms with E-state index in [4.69, 9.17) is 5.73 Å². The van der Waals surface area contributed by atoms with Crippen LogP contribution in [0.3, 0.4) is 0 Å². The molecule has 4 rings (SSSR count). The molecule has 2 aromatic carbocycles. The van der Waals surface area contributed by atoms with Crippen molar-refractivity contribution >= 4 is 17.6 Å². The zero-order valence-corrected chi connectivity index (χ0v) is 17.7. The molecule has 0 unspecified atom stereocenters. The summed E-state index contributed by atoms with van der Waals surface area (Å²) >= 11 is 0. The largest absolute Gasteiger partial charge is 0.366 e. The zero-order valence-electron chi connectivity index (χ0n) is 17.7. The van der Waals surface area contributed by atoms with E-state index in [2.05, 4.69) is 44.6 Å². The fraction of sp³-hybridized carbons (Fsp3) is 0.250. The van der Waals surface area contributed by atoms with Crippen molar-refractivity contribution in [2.24, 2.45) is 0 Å². The predicted octanol–water partition coefficient (Wildman–Crippen LogP) is 3.20. The Kier molecular flexibility index (Phi) is 5.93. The highest BCUT2D eigenvalue weighted by atomic mass is 16.1. The number of nitrogens with zero attached hydrogens (tertiary/aromatic N) is 4. The number of benzene rings is 2. The van der Waals surface area contributed by atoms with Crippen LogP contribution in [0.15, 0.2) is 60.7 Å². The monoisotopic (exact) mass is 414 g/mol. The molecule has 0 atom stereocenters. The lowest BCUT2D eigenvalue weighted by atomic mass is 9.91. The Labute approximate surface area is 181 Å². The van der Waals surface area contributed by atoms with Gasteiger partial charge in [0, 0.05) is 30.3 Å². The van der Waals surface area contributed by atoms with E-state index in [1.165, 1.54) is 11.1 Å². The average Bonchev–Trinajstić information content (AvgIpc) is 3.15. The maximum Gasteiger partial charge on any atom is 0.254 e. The Morgan fingerprint density at radius 1 is 1.00 bits per heavy atom. The number of nitrogens with two attached hydrogens (primary N) is 1. The van der Waals surface area contributed by atoms with Crippen LogP contribution in [0, 0.1) is 13.8 Å². The van der Waals surface area contributed by atoms with E-state index in [-0.39, 0.29) is 17.8 Å². The lowest BCUT2D eigenvalue weighted by Crippen LogP contribution is -2.29. The summed E-state index contributed by atoms with van der Waals surface area (Å²) in [6.45, 7) is 4.41. The normalized spacial score (nSPS) is 11.2. The van der Waals surface area contributed by atoms with Gasteiger partial charge in [0.15, 0.2) is 0 Å². The van der Waals surface area contributed by atoms with Crippen LogP contribution in [0.2, 0.25) is 0 Å². The molecule has 158 valence electrons. The summed E-state index contributed by atoms with van der Waals surface area (Å²) in [4.78, 5) is 21.3. The van der Waals surface area contributed by atoms with Crippen molar-refractivity contribution in [3.05, 3.63) is 88.7 Å². The van der Waals surface area contributed by atoms with Gasteiger partial charge in [-0.15, -0.1) is 5.10 Å². The topological polar surface area (TPSA) is 98.2 Å². The van der Waals surface area contributed by atoms with Gasteiger partial charge in [0.05, 0.1) is 0 Å². The number of aromatic nitrogens is 4. The van der Waals surface area contributed by atoms with Crippen LogP contribution in [-0.2, 0) is 11.2 Å². The molecule has 3 N–H and O–H groups in total. The SMILES string of the molecule is Cc1nc2nc(N)nn2c(C)c1CCC(=O)NCC(c1ccccc1)c1ccccc1. The fourth-order valence-electron chi connectivity index (χ4n) is 3.93. The summed E-state index contributed by atoms with van der Waals surface area (Å²) in [5, 5.41) is 7.30. The van der Waals surface area contributed by atoms with Crippen LogP contribution >= 0.6 is 0 Å². The third-order valence-electron chi connectivity index (χ3n) is 5.57. The number of hydrogen-bond acceptors (Lipinski definition) is 5. The number of fused-ring (bicyclic) bond motifs is 1. The molecule has 1 amide bonds. The molecule has 0 aliphatic rings. The summed E-state index contributed by atoms with van der Waals surface area (Å²) in [7, 11) is 0. The third-order valence-corrected chi connectivity index (χ3v) is 5.57. The molecule has 0 spiro atoms. The standard InChI is InChI=1S/C24H26N6O/c1-16-20(17(2)30-24(27-16)28-23(25)29-30)13-14-22(31)26-15-21(18-9-5-3-6-10-18)19-11-7-4-8-12-19/h3-12,21H,13-15H2,1-2H3,(H2,25,29)(H,26,31). The van der Waals surface area contributed by atoms with Crippen LogP contribution < -0.4 is 11.1 Å². The van der Waals surface area contributed by atoms with Crippen LogP contribution in [0.4, 0.5) is 5.95 Å². The summed E-state index contributed by atoms with van der Waals surface area (Å²) in [6.07, 6.45) is 0.947. The summed E-state index contributed by atoms with van der Waals surface area (Å²) in [5.41, 5.74) is 10.8. The quantitative estimate of drug-likeness (QED) is 0.484. The number of anilines is 1. The highest BCUT2D eigenvalue weighted by molar-refractivity contribution is 5.76. The van der Waals surface area contributed by atoms with E-state index in [0.717, 1.165) is 17.0 Å².